The van der Waals surface area contributed by atoms with E-state index in [0.717, 1.165) is 67.7 Å². The van der Waals surface area contributed by atoms with Gasteiger partial charge in [-0.25, -0.2) is 4.99 Å². The molecule has 6 nitrogen and oxygen atoms in total. The third-order valence-electron chi connectivity index (χ3n) is 3.82. The predicted molar refractivity (Wildman–Crippen MR) is 116 cm³/mol. The van der Waals surface area contributed by atoms with Crippen LogP contribution in [0.1, 0.15) is 12.5 Å². The molecule has 1 aromatic carbocycles. The lowest BCUT2D eigenvalue weighted by Crippen LogP contribution is -2.44. The van der Waals surface area contributed by atoms with E-state index in [1.165, 1.54) is 0 Å². The Bertz CT molecular complexity index is 539. The molecule has 0 amide bonds. The molecule has 0 unspecified atom stereocenters. The van der Waals surface area contributed by atoms with E-state index in [9.17, 15) is 0 Å². The first kappa shape index (κ1) is 22.5. The highest BCUT2D eigenvalue weighted by Gasteiger charge is 2.10. The molecule has 0 saturated carbocycles. The number of ether oxygens (including phenoxy) is 2. The van der Waals surface area contributed by atoms with Crippen molar-refractivity contribution in [3.63, 3.8) is 0 Å². The summed E-state index contributed by atoms with van der Waals surface area (Å²) < 4.78 is 11.8. The topological polar surface area (TPSA) is 58.1 Å². The molecule has 2 rings (SSSR count). The van der Waals surface area contributed by atoms with E-state index in [4.69, 9.17) is 9.47 Å². The van der Waals surface area contributed by atoms with Crippen LogP contribution in [-0.2, 0) is 11.3 Å². The minimum absolute atomic E-state index is 0. The summed E-state index contributed by atoms with van der Waals surface area (Å²) >= 11 is 3.50. The molecule has 1 fully saturated rings. The number of nitrogens with zero attached hydrogens (tertiary/aromatic N) is 2. The molecule has 1 aliphatic heterocycles. The Morgan fingerprint density at radius 1 is 1.32 bits per heavy atom. The van der Waals surface area contributed by atoms with E-state index in [0.29, 0.717) is 6.54 Å². The van der Waals surface area contributed by atoms with Gasteiger partial charge in [-0.15, -0.1) is 24.0 Å². The zero-order chi connectivity index (χ0) is 17.2. The molecule has 1 aromatic rings. The van der Waals surface area contributed by atoms with Crippen molar-refractivity contribution < 1.29 is 9.47 Å². The van der Waals surface area contributed by atoms with Gasteiger partial charge in [0.05, 0.1) is 26.9 Å². The zero-order valence-electron chi connectivity index (χ0n) is 14.9. The van der Waals surface area contributed by atoms with Crippen LogP contribution in [0.3, 0.4) is 0 Å². The van der Waals surface area contributed by atoms with E-state index in [1.807, 2.05) is 18.2 Å². The zero-order valence-corrected chi connectivity index (χ0v) is 18.8. The van der Waals surface area contributed by atoms with Crippen LogP contribution in [0.15, 0.2) is 27.7 Å². The maximum absolute atomic E-state index is 5.40. The predicted octanol–water partition coefficient (Wildman–Crippen LogP) is 2.46. The number of aliphatic imine (C=N–C) groups is 1. The molecule has 0 spiro atoms. The fraction of sp³-hybridized carbons (Fsp3) is 0.588. The Kier molecular flexibility index (Phi) is 11.4. The van der Waals surface area contributed by atoms with Crippen LogP contribution in [0.5, 0.6) is 5.75 Å². The smallest absolute Gasteiger partial charge is 0.191 e. The first-order valence-corrected chi connectivity index (χ1v) is 9.17. The van der Waals surface area contributed by atoms with Crippen molar-refractivity contribution in [2.24, 2.45) is 4.99 Å². The van der Waals surface area contributed by atoms with Crippen LogP contribution in [0, 0.1) is 0 Å². The number of benzene rings is 1. The van der Waals surface area contributed by atoms with Gasteiger partial charge in [-0.05, 0) is 25.1 Å². The highest BCUT2D eigenvalue weighted by Crippen LogP contribution is 2.23. The number of rotatable bonds is 7. The Hall–Kier alpha value is -0.580. The number of methoxy groups -OCH3 is 1. The Balaban J connectivity index is 0.00000312. The van der Waals surface area contributed by atoms with Gasteiger partial charge in [0.25, 0.3) is 0 Å². The number of nitrogens with one attached hydrogen (secondary N) is 2. The average molecular weight is 527 g/mol. The first-order valence-electron chi connectivity index (χ1n) is 8.37. The lowest BCUT2D eigenvalue weighted by atomic mass is 10.2. The largest absolute Gasteiger partial charge is 0.496 e. The summed E-state index contributed by atoms with van der Waals surface area (Å²) in [6.45, 7) is 8.99. The monoisotopic (exact) mass is 526 g/mol. The van der Waals surface area contributed by atoms with Gasteiger partial charge in [-0.3, -0.25) is 4.90 Å². The fourth-order valence-corrected chi connectivity index (χ4v) is 2.94. The molecular weight excluding hydrogens is 499 g/mol. The molecule has 0 aliphatic carbocycles. The first-order chi connectivity index (χ1) is 11.7. The van der Waals surface area contributed by atoms with Crippen molar-refractivity contribution in [2.75, 3.05) is 53.0 Å². The van der Waals surface area contributed by atoms with Crippen LogP contribution < -0.4 is 15.4 Å². The highest BCUT2D eigenvalue weighted by molar-refractivity contribution is 14.0. The number of guanidine groups is 1. The van der Waals surface area contributed by atoms with Crippen molar-refractivity contribution in [3.05, 3.63) is 28.2 Å². The fourth-order valence-electron chi connectivity index (χ4n) is 2.53. The lowest BCUT2D eigenvalue weighted by Gasteiger charge is -2.26. The van der Waals surface area contributed by atoms with Gasteiger partial charge in [0, 0.05) is 42.8 Å². The number of hydrogen-bond donors (Lipinski definition) is 2. The van der Waals surface area contributed by atoms with Crippen LogP contribution in [0.25, 0.3) is 0 Å². The molecule has 2 N–H and O–H groups in total. The summed E-state index contributed by atoms with van der Waals surface area (Å²) in [7, 11) is 1.68. The van der Waals surface area contributed by atoms with Crippen LogP contribution in [0.4, 0.5) is 0 Å². The second kappa shape index (κ2) is 12.7. The van der Waals surface area contributed by atoms with Gasteiger partial charge in [-0.1, -0.05) is 15.9 Å². The van der Waals surface area contributed by atoms with E-state index >= 15 is 0 Å². The van der Waals surface area contributed by atoms with Crippen molar-refractivity contribution in [3.8, 4) is 5.75 Å². The summed E-state index contributed by atoms with van der Waals surface area (Å²) in [5.74, 6) is 1.68. The molecule has 25 heavy (non-hydrogen) atoms. The minimum atomic E-state index is 0. The van der Waals surface area contributed by atoms with E-state index in [2.05, 4.69) is 43.4 Å². The minimum Gasteiger partial charge on any atom is -0.496 e. The van der Waals surface area contributed by atoms with Crippen LogP contribution in [0.2, 0.25) is 0 Å². The molecule has 0 bridgehead atoms. The summed E-state index contributed by atoms with van der Waals surface area (Å²) in [5, 5.41) is 6.68. The number of halogens is 2. The summed E-state index contributed by atoms with van der Waals surface area (Å²) in [4.78, 5) is 7.07. The highest BCUT2D eigenvalue weighted by atomic mass is 127. The molecular formula is C17H28BrIN4O2. The van der Waals surface area contributed by atoms with Gasteiger partial charge >= 0.3 is 0 Å². The van der Waals surface area contributed by atoms with Crippen molar-refractivity contribution in [1.82, 2.24) is 15.5 Å². The van der Waals surface area contributed by atoms with Crippen LogP contribution in [-0.4, -0.2) is 63.9 Å². The van der Waals surface area contributed by atoms with Crippen molar-refractivity contribution in [1.29, 1.82) is 0 Å². The van der Waals surface area contributed by atoms with E-state index in [1.54, 1.807) is 7.11 Å². The Morgan fingerprint density at radius 2 is 2.08 bits per heavy atom. The molecule has 1 aliphatic rings. The quantitative estimate of drug-likeness (QED) is 0.325. The van der Waals surface area contributed by atoms with Crippen molar-refractivity contribution >= 4 is 45.9 Å². The molecule has 0 atom stereocenters. The molecule has 142 valence electrons. The summed E-state index contributed by atoms with van der Waals surface area (Å²) in [5.41, 5.74) is 1.05. The normalized spacial score (nSPS) is 15.4. The summed E-state index contributed by atoms with van der Waals surface area (Å²) in [6.07, 6.45) is 0. The maximum Gasteiger partial charge on any atom is 0.191 e. The standard InChI is InChI=1S/C17H27BrN4O2.HI/c1-3-19-17(20-6-7-22-8-10-24-11-9-22)21-13-14-12-15(18)4-5-16(14)23-2;/h4-5,12H,3,6-11,13H2,1-2H3,(H2,19,20,21);1H. The summed E-state index contributed by atoms with van der Waals surface area (Å²) in [6, 6.07) is 5.96. The third kappa shape index (κ3) is 8.10. The second-order valence-corrected chi connectivity index (χ2v) is 6.45. The lowest BCUT2D eigenvalue weighted by molar-refractivity contribution is 0.0389. The van der Waals surface area contributed by atoms with Gasteiger partial charge in [0.2, 0.25) is 0 Å². The number of hydrogen-bond acceptors (Lipinski definition) is 4. The van der Waals surface area contributed by atoms with Crippen molar-refractivity contribution in [2.45, 2.75) is 13.5 Å². The molecule has 1 heterocycles. The van der Waals surface area contributed by atoms with Gasteiger partial charge < -0.3 is 20.1 Å². The molecule has 0 aromatic heterocycles. The van der Waals surface area contributed by atoms with Gasteiger partial charge in [-0.2, -0.15) is 0 Å². The van der Waals surface area contributed by atoms with E-state index < -0.39 is 0 Å². The Morgan fingerprint density at radius 3 is 2.76 bits per heavy atom. The maximum atomic E-state index is 5.40. The van der Waals surface area contributed by atoms with Crippen LogP contribution >= 0.6 is 39.9 Å². The Labute approximate surface area is 175 Å². The van der Waals surface area contributed by atoms with Gasteiger partial charge in [0.15, 0.2) is 5.96 Å². The molecule has 0 radical (unpaired) electrons. The van der Waals surface area contributed by atoms with Gasteiger partial charge in [0.1, 0.15) is 5.75 Å². The molecule has 8 heteroatoms. The second-order valence-electron chi connectivity index (χ2n) is 5.53. The SMILES string of the molecule is CCNC(=NCc1cc(Br)ccc1OC)NCCN1CCOCC1.I. The molecule has 1 saturated heterocycles. The number of morpholine rings is 1. The average Bonchev–Trinajstić information content (AvgIpc) is 2.60. The third-order valence-corrected chi connectivity index (χ3v) is 4.31. The van der Waals surface area contributed by atoms with E-state index in [-0.39, 0.29) is 24.0 Å².